The first-order valence-electron chi connectivity index (χ1n) is 10.4. The van der Waals surface area contributed by atoms with Crippen LogP contribution in [-0.4, -0.2) is 19.1 Å². The number of hydrogen-bond acceptors (Lipinski definition) is 3. The Morgan fingerprint density at radius 2 is 1.71 bits per heavy atom. The molecule has 0 amide bonds. The van der Waals surface area contributed by atoms with Crippen LogP contribution in [0, 0.1) is 0 Å². The minimum absolute atomic E-state index is 0.175. The van der Waals surface area contributed by atoms with Crippen LogP contribution >= 0.6 is 23.2 Å². The van der Waals surface area contributed by atoms with Gasteiger partial charge in [-0.05, 0) is 47.5 Å². The van der Waals surface area contributed by atoms with Crippen molar-refractivity contribution >= 4 is 34.2 Å². The van der Waals surface area contributed by atoms with Crippen LogP contribution in [0.3, 0.4) is 0 Å². The molecule has 0 saturated heterocycles. The minimum Gasteiger partial charge on any atom is -0.341 e. The lowest BCUT2D eigenvalue weighted by molar-refractivity contribution is 0.394. The lowest BCUT2D eigenvalue weighted by atomic mass is 10.0. The summed E-state index contributed by atoms with van der Waals surface area (Å²) >= 11 is 12.0. The molecule has 1 atom stereocenters. The first-order valence-corrected chi connectivity index (χ1v) is 11.2. The van der Waals surface area contributed by atoms with E-state index in [1.807, 2.05) is 23.9 Å². The third-order valence-corrected chi connectivity index (χ3v) is 5.79. The fraction of sp³-hybridized carbons (Fsp3) is 0.115. The first-order chi connectivity index (χ1) is 16.3. The molecule has 5 aromatic rings. The molecule has 8 heteroatoms. The smallest absolute Gasteiger partial charge is 0.251 e. The van der Waals surface area contributed by atoms with Crippen molar-refractivity contribution in [3.8, 4) is 11.1 Å². The van der Waals surface area contributed by atoms with Gasteiger partial charge < -0.3 is 9.13 Å². The molecule has 0 saturated carbocycles. The van der Waals surface area contributed by atoms with Gasteiger partial charge in [0.05, 0.1) is 23.1 Å². The largest absolute Gasteiger partial charge is 0.341 e. The molecule has 3 heterocycles. The summed E-state index contributed by atoms with van der Waals surface area (Å²) in [5.74, 6) is 0. The molecular weight excluding hydrogens is 474 g/mol. The Morgan fingerprint density at radius 3 is 2.32 bits per heavy atom. The number of rotatable bonds is 3. The number of pyridine rings is 2. The number of alkyl halides is 1. The summed E-state index contributed by atoms with van der Waals surface area (Å²) in [6, 6.07) is 18.5. The number of imidazole rings is 1. The van der Waals surface area contributed by atoms with Crippen LogP contribution in [0.25, 0.3) is 22.2 Å². The Balaban J connectivity index is 0.000000398. The highest BCUT2D eigenvalue weighted by Crippen LogP contribution is 2.31. The lowest BCUT2D eigenvalue weighted by Crippen LogP contribution is -2.17. The van der Waals surface area contributed by atoms with E-state index < -0.39 is 6.17 Å². The van der Waals surface area contributed by atoms with Crippen LogP contribution in [0.4, 0.5) is 4.39 Å². The number of benzene rings is 2. The van der Waals surface area contributed by atoms with Crippen molar-refractivity contribution in [1.82, 2.24) is 19.1 Å². The second kappa shape index (κ2) is 10.2. The fourth-order valence-corrected chi connectivity index (χ4v) is 3.80. The second-order valence-corrected chi connectivity index (χ2v) is 8.58. The van der Waals surface area contributed by atoms with Gasteiger partial charge in [-0.25, -0.2) is 14.4 Å². The standard InChI is InChI=1S/C22H15Cl2FN2O.C4H6N2/c1-27-19-10-9-18(21(25)13-5-7-15(23)8-6-13)26-22(19)17(12-20(27)28)14-3-2-4-16(24)11-14;1-6-3-2-5-4-6/h2-12,21H,1H3;2-4H,1H3. The van der Waals surface area contributed by atoms with Gasteiger partial charge in [-0.15, -0.1) is 0 Å². The van der Waals surface area contributed by atoms with E-state index in [-0.39, 0.29) is 11.3 Å². The van der Waals surface area contributed by atoms with E-state index >= 15 is 4.39 Å². The zero-order valence-electron chi connectivity index (χ0n) is 18.5. The summed E-state index contributed by atoms with van der Waals surface area (Å²) in [4.78, 5) is 20.8. The molecule has 172 valence electrons. The summed E-state index contributed by atoms with van der Waals surface area (Å²) in [7, 11) is 3.60. The molecule has 2 aromatic carbocycles. The van der Waals surface area contributed by atoms with E-state index in [1.54, 1.807) is 74.2 Å². The van der Waals surface area contributed by atoms with Crippen LogP contribution in [-0.2, 0) is 14.1 Å². The molecule has 0 aliphatic rings. The molecule has 3 aromatic heterocycles. The third-order valence-electron chi connectivity index (χ3n) is 5.30. The molecule has 1 unspecified atom stereocenters. The number of hydrogen-bond donors (Lipinski definition) is 0. The van der Waals surface area contributed by atoms with Gasteiger partial charge in [0.1, 0.15) is 0 Å². The predicted octanol–water partition coefficient (Wildman–Crippen LogP) is 6.39. The van der Waals surface area contributed by atoms with E-state index in [0.717, 1.165) is 5.56 Å². The molecule has 0 bridgehead atoms. The molecule has 5 nitrogen and oxygen atoms in total. The van der Waals surface area contributed by atoms with Crippen molar-refractivity contribution in [3.63, 3.8) is 0 Å². The second-order valence-electron chi connectivity index (χ2n) is 7.71. The van der Waals surface area contributed by atoms with Crippen molar-refractivity contribution in [2.75, 3.05) is 0 Å². The highest BCUT2D eigenvalue weighted by molar-refractivity contribution is 6.31. The normalized spacial score (nSPS) is 11.7. The van der Waals surface area contributed by atoms with Gasteiger partial charge >= 0.3 is 0 Å². The van der Waals surface area contributed by atoms with Gasteiger partial charge in [-0.3, -0.25) is 4.79 Å². The minimum atomic E-state index is -1.41. The number of nitrogens with zero attached hydrogens (tertiary/aromatic N) is 4. The van der Waals surface area contributed by atoms with Gasteiger partial charge in [0.25, 0.3) is 5.56 Å². The van der Waals surface area contributed by atoms with E-state index in [9.17, 15) is 4.79 Å². The maximum Gasteiger partial charge on any atom is 0.251 e. The topological polar surface area (TPSA) is 52.7 Å². The van der Waals surface area contributed by atoms with E-state index in [4.69, 9.17) is 23.2 Å². The maximum absolute atomic E-state index is 15.1. The van der Waals surface area contributed by atoms with Crippen molar-refractivity contribution in [2.45, 2.75) is 6.17 Å². The molecule has 34 heavy (non-hydrogen) atoms. The highest BCUT2D eigenvalue weighted by atomic mass is 35.5. The summed E-state index contributed by atoms with van der Waals surface area (Å²) < 4.78 is 18.5. The monoisotopic (exact) mass is 494 g/mol. The average molecular weight is 495 g/mol. The third kappa shape index (κ3) is 5.19. The predicted molar refractivity (Wildman–Crippen MR) is 135 cm³/mol. The van der Waals surface area contributed by atoms with Gasteiger partial charge in [0.15, 0.2) is 6.17 Å². The van der Waals surface area contributed by atoms with Crippen LogP contribution in [0.2, 0.25) is 10.0 Å². The highest BCUT2D eigenvalue weighted by Gasteiger charge is 2.17. The van der Waals surface area contributed by atoms with E-state index in [2.05, 4.69) is 9.97 Å². The number of aromatic nitrogens is 4. The van der Waals surface area contributed by atoms with Gasteiger partial charge in [0.2, 0.25) is 0 Å². The van der Waals surface area contributed by atoms with Gasteiger partial charge in [-0.1, -0.05) is 47.5 Å². The van der Waals surface area contributed by atoms with Crippen LogP contribution in [0.5, 0.6) is 0 Å². The van der Waals surface area contributed by atoms with Crippen molar-refractivity contribution in [2.24, 2.45) is 14.1 Å². The Kier molecular flexibility index (Phi) is 7.10. The van der Waals surface area contributed by atoms with Crippen molar-refractivity contribution in [1.29, 1.82) is 0 Å². The summed E-state index contributed by atoms with van der Waals surface area (Å²) in [6.45, 7) is 0. The van der Waals surface area contributed by atoms with Gasteiger partial charge in [0, 0.05) is 48.2 Å². The van der Waals surface area contributed by atoms with E-state index in [1.165, 1.54) is 10.6 Å². The SMILES string of the molecule is Cn1c(=O)cc(-c2cccc(Cl)c2)c2nc(C(F)c3ccc(Cl)cc3)ccc21.Cn1ccnc1. The summed E-state index contributed by atoms with van der Waals surface area (Å²) in [5, 5.41) is 1.09. The van der Waals surface area contributed by atoms with Crippen molar-refractivity contribution < 1.29 is 4.39 Å². The molecule has 0 fully saturated rings. The molecule has 0 spiro atoms. The number of aryl methyl sites for hydroxylation is 2. The Labute approximate surface area is 206 Å². The molecule has 5 rings (SSSR count). The van der Waals surface area contributed by atoms with Crippen LogP contribution in [0.1, 0.15) is 17.4 Å². The number of fused-ring (bicyclic) bond motifs is 1. The zero-order valence-corrected chi connectivity index (χ0v) is 20.0. The first kappa shape index (κ1) is 23.7. The number of halogens is 3. The van der Waals surface area contributed by atoms with Crippen LogP contribution in [0.15, 0.2) is 90.2 Å². The maximum atomic E-state index is 15.1. The zero-order chi connectivity index (χ0) is 24.2. The molecular formula is C26H21Cl2FN4O. The van der Waals surface area contributed by atoms with Crippen LogP contribution < -0.4 is 5.56 Å². The quantitative estimate of drug-likeness (QED) is 0.292. The molecule has 0 aliphatic heterocycles. The molecule has 0 radical (unpaired) electrons. The average Bonchev–Trinajstić information content (AvgIpc) is 3.32. The molecule has 0 N–H and O–H groups in total. The molecule has 0 aliphatic carbocycles. The summed E-state index contributed by atoms with van der Waals surface area (Å²) in [5.41, 5.74) is 3.08. The van der Waals surface area contributed by atoms with E-state index in [0.29, 0.717) is 32.2 Å². The van der Waals surface area contributed by atoms with Crippen molar-refractivity contribution in [3.05, 3.63) is 117 Å². The Bertz CT molecular complexity index is 1480. The summed E-state index contributed by atoms with van der Waals surface area (Å²) in [6.07, 6.45) is 3.98. The Morgan fingerprint density at radius 1 is 0.941 bits per heavy atom. The lowest BCUT2D eigenvalue weighted by Gasteiger charge is -2.13. The van der Waals surface area contributed by atoms with Gasteiger partial charge in [-0.2, -0.15) is 0 Å². The fourth-order valence-electron chi connectivity index (χ4n) is 3.49. The Hall–Kier alpha value is -3.48.